The first kappa shape index (κ1) is 28.2. The molecule has 2 aromatic rings. The zero-order valence-electron chi connectivity index (χ0n) is 19.9. The van der Waals surface area contributed by atoms with Crippen molar-refractivity contribution in [3.05, 3.63) is 47.8 Å². The highest BCUT2D eigenvalue weighted by Gasteiger charge is 2.32. The molecule has 14 heteroatoms. The predicted octanol–water partition coefficient (Wildman–Crippen LogP) is 3.05. The maximum Gasteiger partial charge on any atom is 0.417 e. The number of hydrogen-bond donors (Lipinski definition) is 0. The first-order chi connectivity index (χ1) is 16.8. The van der Waals surface area contributed by atoms with Gasteiger partial charge in [-0.15, -0.1) is 0 Å². The van der Waals surface area contributed by atoms with Crippen LogP contribution in [0.3, 0.4) is 0 Å². The van der Waals surface area contributed by atoms with Gasteiger partial charge in [0.25, 0.3) is 10.1 Å². The lowest BCUT2D eigenvalue weighted by Gasteiger charge is -2.35. The molecule has 0 unspecified atom stereocenters. The Hall–Kier alpha value is -2.42. The average molecular weight is 552 g/mol. The Labute approximate surface area is 209 Å². The van der Waals surface area contributed by atoms with Crippen LogP contribution in [-0.2, 0) is 30.5 Å². The molecule has 1 fully saturated rings. The summed E-state index contributed by atoms with van der Waals surface area (Å²) in [5, 5.41) is 0. The summed E-state index contributed by atoms with van der Waals surface area (Å²) in [6, 6.07) is 5.24. The molecule has 200 valence electrons. The van der Waals surface area contributed by atoms with E-state index in [-0.39, 0.29) is 61.5 Å². The Morgan fingerprint density at radius 2 is 1.69 bits per heavy atom. The summed E-state index contributed by atoms with van der Waals surface area (Å²) >= 11 is 0. The second-order valence-corrected chi connectivity index (χ2v) is 11.9. The molecule has 1 saturated heterocycles. The number of benzene rings is 1. The summed E-state index contributed by atoms with van der Waals surface area (Å²) in [4.78, 5) is 5.22. The number of piperazine rings is 1. The molecule has 0 saturated carbocycles. The van der Waals surface area contributed by atoms with Crippen LogP contribution in [0.25, 0.3) is 0 Å². The van der Waals surface area contributed by atoms with E-state index < -0.39 is 31.9 Å². The number of rotatable bonds is 10. The van der Waals surface area contributed by atoms with E-state index in [0.29, 0.717) is 12.0 Å². The van der Waals surface area contributed by atoms with Gasteiger partial charge in [0.15, 0.2) is 0 Å². The molecule has 0 aliphatic carbocycles. The summed E-state index contributed by atoms with van der Waals surface area (Å²) in [6.07, 6.45) is -1.93. The first-order valence-corrected chi connectivity index (χ1v) is 14.2. The molecule has 0 atom stereocenters. The van der Waals surface area contributed by atoms with Crippen molar-refractivity contribution >= 4 is 25.8 Å². The smallest absolute Gasteiger partial charge is 0.417 e. The topological polar surface area (TPSA) is 106 Å². The summed E-state index contributed by atoms with van der Waals surface area (Å²) in [5.74, 6) is -0.117. The highest BCUT2D eigenvalue weighted by molar-refractivity contribution is 7.89. The Morgan fingerprint density at radius 3 is 2.33 bits per heavy atom. The number of aryl methyl sites for hydroxylation is 1. The van der Waals surface area contributed by atoms with Gasteiger partial charge in [0.1, 0.15) is 12.4 Å². The highest BCUT2D eigenvalue weighted by Crippen LogP contribution is 2.31. The molecular weight excluding hydrogens is 523 g/mol. The van der Waals surface area contributed by atoms with Crippen LogP contribution in [0.1, 0.15) is 24.5 Å². The molecular formula is C22H28F3N3O6S2. The van der Waals surface area contributed by atoms with Gasteiger partial charge in [-0.3, -0.25) is 9.17 Å². The van der Waals surface area contributed by atoms with Gasteiger partial charge >= 0.3 is 6.18 Å². The molecule has 2 heterocycles. The van der Waals surface area contributed by atoms with E-state index in [2.05, 4.69) is 4.98 Å². The largest absolute Gasteiger partial charge is 0.492 e. The fourth-order valence-corrected chi connectivity index (χ4v) is 5.80. The Kier molecular flexibility index (Phi) is 8.85. The minimum Gasteiger partial charge on any atom is -0.492 e. The van der Waals surface area contributed by atoms with Crippen molar-refractivity contribution in [2.75, 3.05) is 50.0 Å². The summed E-state index contributed by atoms with van der Waals surface area (Å²) in [5.41, 5.74) is 0.0415. The van der Waals surface area contributed by atoms with Crippen LogP contribution in [0.2, 0.25) is 0 Å². The molecule has 0 spiro atoms. The number of ether oxygens (including phenoxy) is 1. The second-order valence-electron chi connectivity index (χ2n) is 8.18. The minimum absolute atomic E-state index is 0.0438. The summed E-state index contributed by atoms with van der Waals surface area (Å²) in [7, 11) is -7.66. The zero-order chi connectivity index (χ0) is 26.6. The van der Waals surface area contributed by atoms with E-state index in [1.165, 1.54) is 22.6 Å². The summed E-state index contributed by atoms with van der Waals surface area (Å²) in [6.45, 7) is 3.93. The van der Waals surface area contributed by atoms with Crippen molar-refractivity contribution < 1.29 is 38.9 Å². The molecule has 0 N–H and O–H groups in total. The lowest BCUT2D eigenvalue weighted by molar-refractivity contribution is -0.137. The number of pyridine rings is 1. The monoisotopic (exact) mass is 551 g/mol. The van der Waals surface area contributed by atoms with Gasteiger partial charge in [-0.05, 0) is 31.0 Å². The number of hydrogen-bond acceptors (Lipinski definition) is 8. The van der Waals surface area contributed by atoms with Gasteiger partial charge in [0, 0.05) is 38.4 Å². The SMILES string of the molecule is CCCOS(=O)(=O)c1ccc(C)c(OCCS(=O)(=O)N2CCN(c3cncc(C(F)(F)F)c3)CC2)c1. The molecule has 1 aromatic carbocycles. The molecule has 1 aromatic heterocycles. The fraction of sp³-hybridized carbons (Fsp3) is 0.500. The van der Waals surface area contributed by atoms with Crippen molar-refractivity contribution in [3.8, 4) is 5.75 Å². The lowest BCUT2D eigenvalue weighted by Crippen LogP contribution is -2.49. The Balaban J connectivity index is 1.57. The number of sulfonamides is 1. The number of alkyl halides is 3. The highest BCUT2D eigenvalue weighted by atomic mass is 32.2. The fourth-order valence-electron chi connectivity index (χ4n) is 3.52. The molecule has 0 radical (unpaired) electrons. The van der Waals surface area contributed by atoms with Gasteiger partial charge < -0.3 is 9.64 Å². The third-order valence-corrected chi connectivity index (χ3v) is 8.68. The number of halogens is 3. The van der Waals surface area contributed by atoms with E-state index in [0.717, 1.165) is 12.3 Å². The third-order valence-electron chi connectivity index (χ3n) is 5.54. The minimum atomic E-state index is -4.52. The van der Waals surface area contributed by atoms with E-state index in [9.17, 15) is 30.0 Å². The molecule has 3 rings (SSSR count). The van der Waals surface area contributed by atoms with Crippen LogP contribution in [0.5, 0.6) is 5.75 Å². The van der Waals surface area contributed by atoms with Crippen LogP contribution >= 0.6 is 0 Å². The van der Waals surface area contributed by atoms with Crippen molar-refractivity contribution in [2.45, 2.75) is 31.3 Å². The molecule has 0 bridgehead atoms. The van der Waals surface area contributed by atoms with Gasteiger partial charge in [-0.25, -0.2) is 8.42 Å². The number of nitrogens with zero attached hydrogens (tertiary/aromatic N) is 3. The summed E-state index contributed by atoms with van der Waals surface area (Å²) < 4.78 is 101. The number of anilines is 1. The second kappa shape index (κ2) is 11.3. The van der Waals surface area contributed by atoms with Crippen molar-refractivity contribution in [3.63, 3.8) is 0 Å². The average Bonchev–Trinajstić information content (AvgIpc) is 2.83. The normalized spacial score (nSPS) is 15.8. The standard InChI is InChI=1S/C22H28F3N3O6S2/c1-3-10-34-36(31,32)20-5-4-17(2)21(14-20)33-11-12-35(29,30)28-8-6-27(7-9-28)19-13-18(15-26-16-19)22(23,24)25/h4-5,13-16H,3,6-12H2,1-2H3. The molecule has 9 nitrogen and oxygen atoms in total. The van der Waals surface area contributed by atoms with Crippen LogP contribution in [-0.4, -0.2) is 71.3 Å². The van der Waals surface area contributed by atoms with Crippen molar-refractivity contribution in [2.24, 2.45) is 0 Å². The van der Waals surface area contributed by atoms with Gasteiger partial charge in [0.05, 0.1) is 34.7 Å². The molecule has 0 amide bonds. The molecule has 1 aliphatic rings. The quantitative estimate of drug-likeness (QED) is 0.415. The van der Waals surface area contributed by atoms with Crippen molar-refractivity contribution in [1.82, 2.24) is 9.29 Å². The van der Waals surface area contributed by atoms with Gasteiger partial charge in [-0.1, -0.05) is 13.0 Å². The zero-order valence-corrected chi connectivity index (χ0v) is 21.5. The Bertz CT molecular complexity index is 1260. The maximum atomic E-state index is 13.0. The van der Waals surface area contributed by atoms with Crippen LogP contribution in [0.4, 0.5) is 18.9 Å². The van der Waals surface area contributed by atoms with Crippen LogP contribution in [0, 0.1) is 6.92 Å². The molecule has 36 heavy (non-hydrogen) atoms. The number of aromatic nitrogens is 1. The third kappa shape index (κ3) is 7.08. The van der Waals surface area contributed by atoms with Gasteiger partial charge in [-0.2, -0.15) is 25.9 Å². The first-order valence-electron chi connectivity index (χ1n) is 11.2. The Morgan fingerprint density at radius 1 is 1.00 bits per heavy atom. The van der Waals surface area contributed by atoms with E-state index >= 15 is 0 Å². The van der Waals surface area contributed by atoms with Crippen molar-refractivity contribution in [1.29, 1.82) is 0 Å². The predicted molar refractivity (Wildman–Crippen MR) is 127 cm³/mol. The van der Waals surface area contributed by atoms with Gasteiger partial charge in [0.2, 0.25) is 10.0 Å². The van der Waals surface area contributed by atoms with E-state index in [1.54, 1.807) is 24.8 Å². The maximum absolute atomic E-state index is 13.0. The van der Waals surface area contributed by atoms with E-state index in [1.807, 2.05) is 0 Å². The molecule has 1 aliphatic heterocycles. The lowest BCUT2D eigenvalue weighted by atomic mass is 10.2. The van der Waals surface area contributed by atoms with E-state index in [4.69, 9.17) is 8.92 Å². The van der Waals surface area contributed by atoms with Crippen LogP contribution < -0.4 is 9.64 Å². The van der Waals surface area contributed by atoms with Crippen LogP contribution in [0.15, 0.2) is 41.6 Å².